The van der Waals surface area contributed by atoms with Crippen molar-refractivity contribution in [2.45, 2.75) is 84.4 Å². The second kappa shape index (κ2) is 10.1. The maximum absolute atomic E-state index is 12.4. The summed E-state index contributed by atoms with van der Waals surface area (Å²) < 4.78 is 7.69. The molecule has 0 spiro atoms. The molecule has 1 aromatic heterocycles. The van der Waals surface area contributed by atoms with Gasteiger partial charge in [0.1, 0.15) is 5.60 Å². The lowest BCUT2D eigenvalue weighted by Gasteiger charge is -2.24. The largest absolute Gasteiger partial charge is 0.444 e. The summed E-state index contributed by atoms with van der Waals surface area (Å²) in [5.74, 6) is 0.713. The molecule has 1 aliphatic rings. The Morgan fingerprint density at radius 1 is 1.13 bits per heavy atom. The van der Waals surface area contributed by atoms with E-state index in [0.29, 0.717) is 12.5 Å². The fourth-order valence-corrected chi connectivity index (χ4v) is 4.13. The maximum Gasteiger partial charge on any atom is 0.410 e. The average Bonchev–Trinajstić information content (AvgIpc) is 3.07. The van der Waals surface area contributed by atoms with Gasteiger partial charge in [-0.2, -0.15) is 5.10 Å². The van der Waals surface area contributed by atoms with E-state index in [1.807, 2.05) is 20.8 Å². The number of nitrogens with zero attached hydrogens (tertiary/aromatic N) is 3. The third-order valence-electron chi connectivity index (χ3n) is 5.69. The summed E-state index contributed by atoms with van der Waals surface area (Å²) in [4.78, 5) is 14.0. The Hall–Kier alpha value is -2.30. The Labute approximate surface area is 181 Å². The lowest BCUT2D eigenvalue weighted by atomic mass is 9.89. The van der Waals surface area contributed by atoms with Gasteiger partial charge >= 0.3 is 6.09 Å². The van der Waals surface area contributed by atoms with E-state index in [1.165, 1.54) is 43.4 Å². The van der Waals surface area contributed by atoms with Crippen LogP contribution in [0.1, 0.15) is 69.8 Å². The predicted octanol–water partition coefficient (Wildman–Crippen LogP) is 5.62. The summed E-state index contributed by atoms with van der Waals surface area (Å²) in [6.07, 6.45) is 8.27. The molecule has 0 bridgehead atoms. The van der Waals surface area contributed by atoms with Crippen molar-refractivity contribution in [3.05, 3.63) is 53.3 Å². The van der Waals surface area contributed by atoms with Crippen molar-refractivity contribution in [2.75, 3.05) is 7.05 Å². The van der Waals surface area contributed by atoms with Crippen LogP contribution in [-0.2, 0) is 30.7 Å². The van der Waals surface area contributed by atoms with Crippen molar-refractivity contribution in [3.8, 4) is 0 Å². The second-order valence-corrected chi connectivity index (χ2v) is 9.64. The van der Waals surface area contributed by atoms with Gasteiger partial charge in [0.15, 0.2) is 0 Å². The summed E-state index contributed by atoms with van der Waals surface area (Å²) in [7, 11) is 1.78. The van der Waals surface area contributed by atoms with Crippen LogP contribution in [0.4, 0.5) is 4.79 Å². The molecule has 0 N–H and O–H groups in total. The molecule has 1 aromatic carbocycles. The van der Waals surface area contributed by atoms with E-state index >= 15 is 0 Å². The zero-order chi connectivity index (χ0) is 21.6. The minimum atomic E-state index is -0.494. The molecule has 0 radical (unpaired) electrons. The molecule has 1 fully saturated rings. The third kappa shape index (κ3) is 6.89. The molecule has 164 valence electrons. The van der Waals surface area contributed by atoms with Gasteiger partial charge in [-0.1, -0.05) is 49.6 Å². The van der Waals surface area contributed by atoms with Crippen molar-refractivity contribution in [1.29, 1.82) is 0 Å². The first kappa shape index (κ1) is 22.4. The molecule has 1 saturated carbocycles. The first-order valence-electron chi connectivity index (χ1n) is 11.3. The number of rotatable bonds is 7. The van der Waals surface area contributed by atoms with E-state index in [-0.39, 0.29) is 6.09 Å². The molecule has 0 atom stereocenters. The van der Waals surface area contributed by atoms with Crippen LogP contribution in [0.3, 0.4) is 0 Å². The molecule has 1 aliphatic carbocycles. The molecular weight excluding hydrogens is 374 g/mol. The Morgan fingerprint density at radius 3 is 2.50 bits per heavy atom. The molecule has 0 saturated heterocycles. The van der Waals surface area contributed by atoms with Gasteiger partial charge in [0.25, 0.3) is 0 Å². The highest BCUT2D eigenvalue weighted by atomic mass is 16.6. The van der Waals surface area contributed by atoms with Crippen LogP contribution < -0.4 is 0 Å². The molecule has 0 unspecified atom stereocenters. The van der Waals surface area contributed by atoms with Crippen molar-refractivity contribution in [1.82, 2.24) is 14.7 Å². The fourth-order valence-electron chi connectivity index (χ4n) is 4.13. The average molecular weight is 412 g/mol. The quantitative estimate of drug-likeness (QED) is 0.594. The summed E-state index contributed by atoms with van der Waals surface area (Å²) in [5.41, 5.74) is 3.04. The van der Waals surface area contributed by atoms with Gasteiger partial charge in [-0.25, -0.2) is 4.79 Å². The van der Waals surface area contributed by atoms with Gasteiger partial charge in [0.2, 0.25) is 0 Å². The van der Waals surface area contributed by atoms with Gasteiger partial charge in [-0.15, -0.1) is 0 Å². The van der Waals surface area contributed by atoms with E-state index in [0.717, 1.165) is 25.1 Å². The highest BCUT2D eigenvalue weighted by molar-refractivity contribution is 5.67. The zero-order valence-electron chi connectivity index (χ0n) is 19.1. The lowest BCUT2D eigenvalue weighted by Crippen LogP contribution is -2.33. The zero-order valence-corrected chi connectivity index (χ0v) is 19.1. The summed E-state index contributed by atoms with van der Waals surface area (Å²) in [6.45, 7) is 7.11. The molecule has 1 amide bonds. The summed E-state index contributed by atoms with van der Waals surface area (Å²) in [5, 5.41) is 4.90. The van der Waals surface area contributed by atoms with Gasteiger partial charge in [-0.05, 0) is 64.0 Å². The molecule has 5 heteroatoms. The van der Waals surface area contributed by atoms with Crippen LogP contribution in [0.15, 0.2) is 36.4 Å². The Balaban J connectivity index is 1.70. The summed E-state index contributed by atoms with van der Waals surface area (Å²) >= 11 is 0. The number of aryl methyl sites for hydroxylation is 2. The monoisotopic (exact) mass is 411 g/mol. The van der Waals surface area contributed by atoms with E-state index in [4.69, 9.17) is 9.84 Å². The third-order valence-corrected chi connectivity index (χ3v) is 5.69. The highest BCUT2D eigenvalue weighted by Crippen LogP contribution is 2.26. The van der Waals surface area contributed by atoms with Crippen LogP contribution in [0.2, 0.25) is 0 Å². The van der Waals surface area contributed by atoms with Crippen LogP contribution in [0, 0.1) is 5.92 Å². The van der Waals surface area contributed by atoms with Gasteiger partial charge < -0.3 is 9.64 Å². The minimum absolute atomic E-state index is 0.310. The standard InChI is InChI=1S/C25H37N3O2/c1-25(2,3)30-24(29)27(4)19-22-17-23(16-15-20-11-7-5-8-12-20)28(26-22)18-21-13-9-6-10-14-21/h5,7-8,11-12,17,21H,6,9-10,13-16,18-19H2,1-4H3. The molecule has 0 aliphatic heterocycles. The molecule has 5 nitrogen and oxygen atoms in total. The van der Waals surface area contributed by atoms with Gasteiger partial charge in [0.05, 0.1) is 12.2 Å². The fraction of sp³-hybridized carbons (Fsp3) is 0.600. The second-order valence-electron chi connectivity index (χ2n) is 9.64. The number of aromatic nitrogens is 2. The van der Waals surface area contributed by atoms with E-state index in [1.54, 1.807) is 11.9 Å². The van der Waals surface area contributed by atoms with Crippen molar-refractivity contribution >= 4 is 6.09 Å². The minimum Gasteiger partial charge on any atom is -0.444 e. The Kier molecular flexibility index (Phi) is 7.57. The van der Waals surface area contributed by atoms with Crippen molar-refractivity contribution in [3.63, 3.8) is 0 Å². The molecular formula is C25H37N3O2. The predicted molar refractivity (Wildman–Crippen MR) is 120 cm³/mol. The topological polar surface area (TPSA) is 47.4 Å². The molecule has 2 aromatic rings. The number of benzene rings is 1. The van der Waals surface area contributed by atoms with Crippen LogP contribution in [0.5, 0.6) is 0 Å². The number of carbonyl (C=O) groups is 1. The van der Waals surface area contributed by atoms with E-state index in [2.05, 4.69) is 41.1 Å². The first-order chi connectivity index (χ1) is 14.3. The first-order valence-corrected chi connectivity index (χ1v) is 11.3. The molecule has 3 rings (SSSR count). The number of hydrogen-bond donors (Lipinski definition) is 0. The number of ether oxygens (including phenoxy) is 1. The van der Waals surface area contributed by atoms with E-state index < -0.39 is 5.60 Å². The van der Waals surface area contributed by atoms with Crippen molar-refractivity contribution in [2.24, 2.45) is 5.92 Å². The van der Waals surface area contributed by atoms with Crippen LogP contribution in [-0.4, -0.2) is 33.4 Å². The van der Waals surface area contributed by atoms with Crippen LogP contribution in [0.25, 0.3) is 0 Å². The van der Waals surface area contributed by atoms with E-state index in [9.17, 15) is 4.79 Å². The van der Waals surface area contributed by atoms with Gasteiger partial charge in [0, 0.05) is 19.3 Å². The Morgan fingerprint density at radius 2 is 1.83 bits per heavy atom. The Bertz CT molecular complexity index is 802. The molecule has 1 heterocycles. The number of amides is 1. The highest BCUT2D eigenvalue weighted by Gasteiger charge is 2.22. The van der Waals surface area contributed by atoms with Crippen molar-refractivity contribution < 1.29 is 9.53 Å². The van der Waals surface area contributed by atoms with Crippen LogP contribution >= 0.6 is 0 Å². The summed E-state index contributed by atoms with van der Waals surface area (Å²) in [6, 6.07) is 12.8. The SMILES string of the molecule is CN(Cc1cc(CCc2ccccc2)n(CC2CCCCC2)n1)C(=O)OC(C)(C)C. The number of hydrogen-bond acceptors (Lipinski definition) is 3. The number of carbonyl (C=O) groups excluding carboxylic acids is 1. The normalized spacial score (nSPS) is 15.2. The lowest BCUT2D eigenvalue weighted by molar-refractivity contribution is 0.0282. The van der Waals surface area contributed by atoms with Gasteiger partial charge in [-0.3, -0.25) is 4.68 Å². The smallest absolute Gasteiger partial charge is 0.410 e. The molecule has 30 heavy (non-hydrogen) atoms. The maximum atomic E-state index is 12.4.